The van der Waals surface area contributed by atoms with Gasteiger partial charge in [0.2, 0.25) is 0 Å². The molecule has 0 amide bonds. The summed E-state index contributed by atoms with van der Waals surface area (Å²) < 4.78 is 4.87. The lowest BCUT2D eigenvalue weighted by molar-refractivity contribution is -0.139. The fraction of sp³-hybridized carbons (Fsp3) is 0.727. The van der Waals surface area contributed by atoms with Crippen LogP contribution < -0.4 is 0 Å². The van der Waals surface area contributed by atoms with Gasteiger partial charge in [0.25, 0.3) is 0 Å². The average molecular weight is 198 g/mol. The summed E-state index contributed by atoms with van der Waals surface area (Å²) in [6, 6.07) is 0. The number of carbonyl (C=O) groups is 1. The molecule has 0 aromatic heterocycles. The van der Waals surface area contributed by atoms with Crippen molar-refractivity contribution in [3.05, 3.63) is 12.2 Å². The van der Waals surface area contributed by atoms with Crippen LogP contribution in [0, 0.1) is 5.92 Å². The Bertz CT molecular complexity index is 223. The second-order valence-electron chi connectivity index (χ2n) is 3.76. The number of esters is 1. The van der Waals surface area contributed by atoms with Gasteiger partial charge in [-0.15, -0.1) is 0 Å². The smallest absolute Gasteiger partial charge is 0.333 e. The van der Waals surface area contributed by atoms with Crippen LogP contribution in [0.3, 0.4) is 0 Å². The number of aliphatic hydroxyl groups excluding tert-OH is 1. The molecule has 80 valence electrons. The molecule has 0 unspecified atom stereocenters. The van der Waals surface area contributed by atoms with E-state index in [0.717, 1.165) is 19.3 Å². The molecule has 0 bridgehead atoms. The molecule has 0 aliphatic heterocycles. The van der Waals surface area contributed by atoms with Gasteiger partial charge in [-0.1, -0.05) is 13.0 Å². The molecule has 0 heterocycles. The average Bonchev–Trinajstić information content (AvgIpc) is 2.17. The summed E-state index contributed by atoms with van der Waals surface area (Å²) in [5.41, 5.74) is 0.519. The standard InChI is InChI=1S/C11H18O3/c1-3-14-11(13)8(2)9-5-4-6-10(12)7-9/h9-10,12H,2-7H2,1H3/t9-,10+/m1/s1. The fourth-order valence-electron chi connectivity index (χ4n) is 1.87. The first-order valence-corrected chi connectivity index (χ1v) is 5.19. The van der Waals surface area contributed by atoms with Crippen LogP contribution in [0.5, 0.6) is 0 Å². The highest BCUT2D eigenvalue weighted by atomic mass is 16.5. The summed E-state index contributed by atoms with van der Waals surface area (Å²) in [6.45, 7) is 5.91. The third-order valence-corrected chi connectivity index (χ3v) is 2.68. The molecule has 1 rings (SSSR count). The Balaban J connectivity index is 2.47. The van der Waals surface area contributed by atoms with E-state index in [4.69, 9.17) is 4.74 Å². The maximum absolute atomic E-state index is 11.3. The third kappa shape index (κ3) is 2.84. The van der Waals surface area contributed by atoms with Crippen LogP contribution >= 0.6 is 0 Å². The zero-order valence-corrected chi connectivity index (χ0v) is 8.66. The van der Waals surface area contributed by atoms with E-state index in [9.17, 15) is 9.90 Å². The van der Waals surface area contributed by atoms with Gasteiger partial charge in [-0.25, -0.2) is 4.79 Å². The van der Waals surface area contributed by atoms with Crippen molar-refractivity contribution in [3.8, 4) is 0 Å². The molecule has 3 heteroatoms. The molecule has 0 aromatic rings. The molecular weight excluding hydrogens is 180 g/mol. The molecule has 0 aromatic carbocycles. The van der Waals surface area contributed by atoms with Crippen molar-refractivity contribution in [2.45, 2.75) is 38.7 Å². The van der Waals surface area contributed by atoms with E-state index in [1.807, 2.05) is 0 Å². The van der Waals surface area contributed by atoms with Gasteiger partial charge >= 0.3 is 5.97 Å². The van der Waals surface area contributed by atoms with E-state index >= 15 is 0 Å². The number of carbonyl (C=O) groups excluding carboxylic acids is 1. The van der Waals surface area contributed by atoms with Crippen molar-refractivity contribution in [2.75, 3.05) is 6.61 Å². The molecule has 1 aliphatic carbocycles. The van der Waals surface area contributed by atoms with Crippen LogP contribution in [-0.4, -0.2) is 23.8 Å². The van der Waals surface area contributed by atoms with Gasteiger partial charge in [-0.2, -0.15) is 0 Å². The number of aliphatic hydroxyl groups is 1. The van der Waals surface area contributed by atoms with Crippen molar-refractivity contribution in [3.63, 3.8) is 0 Å². The third-order valence-electron chi connectivity index (χ3n) is 2.68. The van der Waals surface area contributed by atoms with E-state index in [1.165, 1.54) is 0 Å². The molecule has 2 atom stereocenters. The van der Waals surface area contributed by atoms with Crippen LogP contribution in [0.1, 0.15) is 32.6 Å². The maximum atomic E-state index is 11.3. The van der Waals surface area contributed by atoms with Gasteiger partial charge in [0.05, 0.1) is 12.7 Å². The number of ether oxygens (including phenoxy) is 1. The van der Waals surface area contributed by atoms with Crippen LogP contribution in [0.2, 0.25) is 0 Å². The summed E-state index contributed by atoms with van der Waals surface area (Å²) in [5, 5.41) is 9.45. The quantitative estimate of drug-likeness (QED) is 0.554. The molecule has 1 saturated carbocycles. The number of hydrogen-bond acceptors (Lipinski definition) is 3. The van der Waals surface area contributed by atoms with Gasteiger partial charge in [-0.3, -0.25) is 0 Å². The first-order chi connectivity index (χ1) is 6.65. The lowest BCUT2D eigenvalue weighted by Crippen LogP contribution is -2.24. The largest absolute Gasteiger partial charge is 0.463 e. The highest BCUT2D eigenvalue weighted by Gasteiger charge is 2.26. The Morgan fingerprint density at radius 3 is 2.86 bits per heavy atom. The van der Waals surface area contributed by atoms with Gasteiger partial charge in [0.15, 0.2) is 0 Å². The molecule has 1 N–H and O–H groups in total. The molecule has 14 heavy (non-hydrogen) atoms. The summed E-state index contributed by atoms with van der Waals surface area (Å²) in [7, 11) is 0. The van der Waals surface area contributed by atoms with Gasteiger partial charge in [-0.05, 0) is 32.1 Å². The van der Waals surface area contributed by atoms with Crippen molar-refractivity contribution in [1.82, 2.24) is 0 Å². The van der Waals surface area contributed by atoms with E-state index in [0.29, 0.717) is 18.6 Å². The van der Waals surface area contributed by atoms with E-state index < -0.39 is 0 Å². The van der Waals surface area contributed by atoms with Crippen LogP contribution in [-0.2, 0) is 9.53 Å². The molecule has 3 nitrogen and oxygen atoms in total. The zero-order chi connectivity index (χ0) is 10.6. The minimum atomic E-state index is -0.313. The SMILES string of the molecule is C=C(C(=O)OCC)[C@@H]1CCC[C@H](O)C1. The Kier molecular flexibility index (Phi) is 4.14. The monoisotopic (exact) mass is 198 g/mol. The molecule has 1 aliphatic rings. The summed E-state index contributed by atoms with van der Waals surface area (Å²) >= 11 is 0. The van der Waals surface area contributed by atoms with Crippen LogP contribution in [0.25, 0.3) is 0 Å². The van der Waals surface area contributed by atoms with E-state index in [2.05, 4.69) is 6.58 Å². The highest BCUT2D eigenvalue weighted by Crippen LogP contribution is 2.29. The normalized spacial score (nSPS) is 27.0. The number of rotatable bonds is 3. The van der Waals surface area contributed by atoms with Crippen molar-refractivity contribution < 1.29 is 14.6 Å². The number of hydrogen-bond donors (Lipinski definition) is 1. The Morgan fingerprint density at radius 2 is 2.29 bits per heavy atom. The zero-order valence-electron chi connectivity index (χ0n) is 8.66. The van der Waals surface area contributed by atoms with Gasteiger partial charge in [0, 0.05) is 5.57 Å². The van der Waals surface area contributed by atoms with Crippen LogP contribution in [0.15, 0.2) is 12.2 Å². The van der Waals surface area contributed by atoms with E-state index in [1.54, 1.807) is 6.92 Å². The van der Waals surface area contributed by atoms with Crippen molar-refractivity contribution in [1.29, 1.82) is 0 Å². The summed E-state index contributed by atoms with van der Waals surface area (Å²) in [5.74, 6) is -0.204. The van der Waals surface area contributed by atoms with Gasteiger partial charge in [0.1, 0.15) is 0 Å². The predicted molar refractivity (Wildman–Crippen MR) is 53.7 cm³/mol. The molecule has 0 spiro atoms. The molecule has 0 radical (unpaired) electrons. The van der Waals surface area contributed by atoms with Crippen molar-refractivity contribution >= 4 is 5.97 Å². The lowest BCUT2D eigenvalue weighted by Gasteiger charge is -2.26. The lowest BCUT2D eigenvalue weighted by atomic mass is 9.83. The predicted octanol–water partition coefficient (Wildman–Crippen LogP) is 1.66. The first kappa shape index (κ1) is 11.2. The molecule has 0 saturated heterocycles. The minimum Gasteiger partial charge on any atom is -0.463 e. The maximum Gasteiger partial charge on any atom is 0.333 e. The topological polar surface area (TPSA) is 46.5 Å². The second kappa shape index (κ2) is 5.15. The Morgan fingerprint density at radius 1 is 1.57 bits per heavy atom. The van der Waals surface area contributed by atoms with Gasteiger partial charge < -0.3 is 9.84 Å². The fourth-order valence-corrected chi connectivity index (χ4v) is 1.87. The van der Waals surface area contributed by atoms with Crippen molar-refractivity contribution in [2.24, 2.45) is 5.92 Å². The first-order valence-electron chi connectivity index (χ1n) is 5.19. The summed E-state index contributed by atoms with van der Waals surface area (Å²) in [4.78, 5) is 11.3. The molecule has 1 fully saturated rings. The highest BCUT2D eigenvalue weighted by molar-refractivity contribution is 5.88. The minimum absolute atomic E-state index is 0.109. The molecular formula is C11H18O3. The Labute approximate surface area is 84.8 Å². The second-order valence-corrected chi connectivity index (χ2v) is 3.76. The van der Waals surface area contributed by atoms with E-state index in [-0.39, 0.29) is 18.0 Å². The Hall–Kier alpha value is -0.830. The van der Waals surface area contributed by atoms with Crippen LogP contribution in [0.4, 0.5) is 0 Å². The summed E-state index contributed by atoms with van der Waals surface area (Å²) in [6.07, 6.45) is 3.11.